The van der Waals surface area contributed by atoms with Gasteiger partial charge in [-0.1, -0.05) is 12.1 Å². The Hall–Kier alpha value is -2.08. The third kappa shape index (κ3) is 5.43. The lowest BCUT2D eigenvalue weighted by Gasteiger charge is -2.25. The summed E-state index contributed by atoms with van der Waals surface area (Å²) in [7, 11) is 5.40. The third-order valence-electron chi connectivity index (χ3n) is 3.19. The summed E-state index contributed by atoms with van der Waals surface area (Å²) < 4.78 is 0. The van der Waals surface area contributed by atoms with Crippen LogP contribution in [0.5, 0.6) is 0 Å². The van der Waals surface area contributed by atoms with Crippen LogP contribution >= 0.6 is 0 Å². The highest BCUT2D eigenvalue weighted by atomic mass is 16.4. The molecule has 0 radical (unpaired) electrons. The number of hydrogen-bond acceptors (Lipinski definition) is 3. The van der Waals surface area contributed by atoms with Crippen molar-refractivity contribution in [1.29, 1.82) is 0 Å². The molecule has 21 heavy (non-hydrogen) atoms. The molecule has 2 N–H and O–H groups in total. The van der Waals surface area contributed by atoms with Crippen LogP contribution in [0, 0.1) is 0 Å². The fourth-order valence-corrected chi connectivity index (χ4v) is 1.97. The van der Waals surface area contributed by atoms with E-state index in [9.17, 15) is 9.59 Å². The molecule has 0 saturated carbocycles. The smallest absolute Gasteiger partial charge is 0.335 e. The van der Waals surface area contributed by atoms with Crippen molar-refractivity contribution in [2.24, 2.45) is 0 Å². The number of nitrogens with zero attached hydrogens (tertiary/aromatic N) is 2. The van der Waals surface area contributed by atoms with E-state index >= 15 is 0 Å². The summed E-state index contributed by atoms with van der Waals surface area (Å²) in [4.78, 5) is 26.2. The number of aromatic carboxylic acids is 1. The van der Waals surface area contributed by atoms with E-state index in [0.717, 1.165) is 18.5 Å². The van der Waals surface area contributed by atoms with Gasteiger partial charge < -0.3 is 20.2 Å². The van der Waals surface area contributed by atoms with Crippen molar-refractivity contribution in [1.82, 2.24) is 15.1 Å². The zero-order chi connectivity index (χ0) is 15.8. The third-order valence-corrected chi connectivity index (χ3v) is 3.19. The van der Waals surface area contributed by atoms with E-state index in [2.05, 4.69) is 5.32 Å². The Morgan fingerprint density at radius 1 is 1.14 bits per heavy atom. The molecule has 0 bridgehead atoms. The number of carboxylic acid groups (broad SMARTS) is 1. The Balaban J connectivity index is 2.53. The number of hydrogen-bond donors (Lipinski definition) is 2. The predicted molar refractivity (Wildman–Crippen MR) is 81.4 cm³/mol. The first-order chi connectivity index (χ1) is 9.95. The molecule has 0 unspecified atom stereocenters. The van der Waals surface area contributed by atoms with E-state index in [0.29, 0.717) is 13.1 Å². The average Bonchev–Trinajstić information content (AvgIpc) is 2.47. The molecule has 0 spiro atoms. The van der Waals surface area contributed by atoms with Gasteiger partial charge >= 0.3 is 12.0 Å². The highest BCUT2D eigenvalue weighted by molar-refractivity contribution is 5.87. The fourth-order valence-electron chi connectivity index (χ4n) is 1.97. The van der Waals surface area contributed by atoms with Crippen LogP contribution < -0.4 is 5.32 Å². The summed E-state index contributed by atoms with van der Waals surface area (Å²) in [6.07, 6.45) is 0.903. The molecule has 0 aliphatic carbocycles. The highest BCUT2D eigenvalue weighted by Gasteiger charge is 2.14. The second-order valence-corrected chi connectivity index (χ2v) is 5.02. The number of carboxylic acids is 1. The second kappa shape index (κ2) is 8.26. The maximum atomic E-state index is 12.2. The predicted octanol–water partition coefficient (Wildman–Crippen LogP) is 1.48. The van der Waals surface area contributed by atoms with Gasteiger partial charge in [0.15, 0.2) is 0 Å². The quantitative estimate of drug-likeness (QED) is 0.747. The SMILES string of the molecule is CNCCCN(C)C(=O)N(C)Cc1ccc(C(=O)O)cc1. The molecule has 116 valence electrons. The summed E-state index contributed by atoms with van der Waals surface area (Å²) in [6, 6.07) is 6.51. The zero-order valence-electron chi connectivity index (χ0n) is 12.8. The van der Waals surface area contributed by atoms with Gasteiger partial charge in [0.05, 0.1) is 5.56 Å². The zero-order valence-corrected chi connectivity index (χ0v) is 12.8. The van der Waals surface area contributed by atoms with Crippen molar-refractivity contribution in [2.75, 3.05) is 34.2 Å². The standard InChI is InChI=1S/C15H23N3O3/c1-16-9-4-10-17(2)15(21)18(3)11-12-5-7-13(8-6-12)14(19)20/h5-8,16H,4,9-11H2,1-3H3,(H,19,20). The molecule has 6 nitrogen and oxygen atoms in total. The molecule has 1 aromatic carbocycles. The minimum absolute atomic E-state index is 0.0478. The van der Waals surface area contributed by atoms with Crippen LogP contribution in [0.2, 0.25) is 0 Å². The Kier molecular flexibility index (Phi) is 6.68. The summed E-state index contributed by atoms with van der Waals surface area (Å²) in [5.74, 6) is -0.949. The molecule has 0 aliphatic heterocycles. The summed E-state index contributed by atoms with van der Waals surface area (Å²) in [6.45, 7) is 2.02. The van der Waals surface area contributed by atoms with Crippen LogP contribution in [-0.4, -0.2) is 61.1 Å². The van der Waals surface area contributed by atoms with Crippen LogP contribution in [0.1, 0.15) is 22.3 Å². The van der Waals surface area contributed by atoms with Crippen LogP contribution in [0.3, 0.4) is 0 Å². The molecule has 2 amide bonds. The second-order valence-electron chi connectivity index (χ2n) is 5.02. The van der Waals surface area contributed by atoms with Gasteiger partial charge in [0.2, 0.25) is 0 Å². The highest BCUT2D eigenvalue weighted by Crippen LogP contribution is 2.08. The van der Waals surface area contributed by atoms with Gasteiger partial charge in [-0.05, 0) is 37.7 Å². The first-order valence-corrected chi connectivity index (χ1v) is 6.88. The maximum Gasteiger partial charge on any atom is 0.335 e. The first kappa shape index (κ1) is 17.0. The van der Waals surface area contributed by atoms with Crippen LogP contribution in [-0.2, 0) is 6.54 Å². The number of benzene rings is 1. The topological polar surface area (TPSA) is 72.9 Å². The van der Waals surface area contributed by atoms with Gasteiger partial charge in [-0.2, -0.15) is 0 Å². The number of nitrogens with one attached hydrogen (secondary N) is 1. The van der Waals surface area contributed by atoms with Crippen molar-refractivity contribution in [3.05, 3.63) is 35.4 Å². The Morgan fingerprint density at radius 3 is 2.29 bits per heavy atom. The lowest BCUT2D eigenvalue weighted by Crippen LogP contribution is -2.39. The maximum absolute atomic E-state index is 12.2. The molecule has 0 heterocycles. The fraction of sp³-hybridized carbons (Fsp3) is 0.467. The molecule has 0 atom stereocenters. The van der Waals surface area contributed by atoms with Gasteiger partial charge in [0.25, 0.3) is 0 Å². The van der Waals surface area contributed by atoms with E-state index in [1.807, 2.05) is 7.05 Å². The van der Waals surface area contributed by atoms with Crippen molar-refractivity contribution in [3.63, 3.8) is 0 Å². The Bertz CT molecular complexity index is 474. The molecule has 0 fully saturated rings. The average molecular weight is 293 g/mol. The lowest BCUT2D eigenvalue weighted by atomic mass is 10.1. The van der Waals surface area contributed by atoms with Gasteiger partial charge in [-0.15, -0.1) is 0 Å². The molecular formula is C15H23N3O3. The van der Waals surface area contributed by atoms with E-state index in [1.54, 1.807) is 48.2 Å². The minimum Gasteiger partial charge on any atom is -0.478 e. The van der Waals surface area contributed by atoms with Crippen LogP contribution in [0.15, 0.2) is 24.3 Å². The van der Waals surface area contributed by atoms with E-state index in [4.69, 9.17) is 5.11 Å². The summed E-state index contributed by atoms with van der Waals surface area (Å²) in [5.41, 5.74) is 1.15. The normalized spacial score (nSPS) is 10.2. The number of carbonyl (C=O) groups is 2. The summed E-state index contributed by atoms with van der Waals surface area (Å²) >= 11 is 0. The van der Waals surface area contributed by atoms with Crippen LogP contribution in [0.4, 0.5) is 4.79 Å². The Labute approximate surface area is 125 Å². The van der Waals surface area contributed by atoms with Gasteiger partial charge in [0.1, 0.15) is 0 Å². The summed E-state index contributed by atoms with van der Waals surface area (Å²) in [5, 5.41) is 11.9. The largest absolute Gasteiger partial charge is 0.478 e. The van der Waals surface area contributed by atoms with Gasteiger partial charge in [-0.3, -0.25) is 0 Å². The minimum atomic E-state index is -0.949. The molecule has 0 aromatic heterocycles. The monoisotopic (exact) mass is 293 g/mol. The number of amides is 2. The first-order valence-electron chi connectivity index (χ1n) is 6.88. The van der Waals surface area contributed by atoms with Gasteiger partial charge in [0, 0.05) is 27.2 Å². The van der Waals surface area contributed by atoms with E-state index < -0.39 is 5.97 Å². The Morgan fingerprint density at radius 2 is 1.76 bits per heavy atom. The molecule has 1 rings (SSSR count). The number of carbonyl (C=O) groups excluding carboxylic acids is 1. The van der Waals surface area contributed by atoms with Crippen molar-refractivity contribution in [2.45, 2.75) is 13.0 Å². The van der Waals surface area contributed by atoms with Gasteiger partial charge in [-0.25, -0.2) is 9.59 Å². The molecule has 0 aliphatic rings. The van der Waals surface area contributed by atoms with Crippen molar-refractivity contribution >= 4 is 12.0 Å². The lowest BCUT2D eigenvalue weighted by molar-refractivity contribution is 0.0697. The van der Waals surface area contributed by atoms with Crippen LogP contribution in [0.25, 0.3) is 0 Å². The number of urea groups is 1. The van der Waals surface area contributed by atoms with Crippen molar-refractivity contribution in [3.8, 4) is 0 Å². The molecule has 6 heteroatoms. The molecule has 1 aromatic rings. The number of rotatable bonds is 7. The van der Waals surface area contributed by atoms with Crippen molar-refractivity contribution < 1.29 is 14.7 Å². The molecule has 0 saturated heterocycles. The molecular weight excluding hydrogens is 270 g/mol. The van der Waals surface area contributed by atoms with E-state index in [1.165, 1.54) is 0 Å². The van der Waals surface area contributed by atoms with E-state index in [-0.39, 0.29) is 11.6 Å².